The average Bonchev–Trinajstić information content (AvgIpc) is 2.36. The highest BCUT2D eigenvalue weighted by Gasteiger charge is 2.13. The third-order valence-corrected chi connectivity index (χ3v) is 3.02. The summed E-state index contributed by atoms with van der Waals surface area (Å²) in [5.41, 5.74) is 9.91. The highest BCUT2D eigenvalue weighted by molar-refractivity contribution is 5.64. The first-order chi connectivity index (χ1) is 8.18. The van der Waals surface area contributed by atoms with Crippen molar-refractivity contribution in [3.63, 3.8) is 0 Å². The molecule has 1 aromatic carbocycles. The molecule has 3 N–H and O–H groups in total. The zero-order chi connectivity index (χ0) is 12.3. The van der Waals surface area contributed by atoms with Gasteiger partial charge in [0.05, 0.1) is 5.70 Å². The van der Waals surface area contributed by atoms with Crippen LogP contribution in [0.4, 0.5) is 0 Å². The van der Waals surface area contributed by atoms with Gasteiger partial charge in [-0.25, -0.2) is 0 Å². The normalized spacial score (nSPS) is 19.2. The van der Waals surface area contributed by atoms with Gasteiger partial charge in [-0.3, -0.25) is 0 Å². The first-order valence-corrected chi connectivity index (χ1v) is 5.86. The van der Waals surface area contributed by atoms with Crippen molar-refractivity contribution in [3.05, 3.63) is 66.0 Å². The Bertz CT molecular complexity index is 469. The molecule has 0 aromatic heterocycles. The highest BCUT2D eigenvalue weighted by Crippen LogP contribution is 2.21. The average molecular weight is 226 g/mol. The summed E-state index contributed by atoms with van der Waals surface area (Å²) < 4.78 is 0. The number of benzene rings is 1. The lowest BCUT2D eigenvalue weighted by atomic mass is 9.97. The van der Waals surface area contributed by atoms with Gasteiger partial charge in [-0.1, -0.05) is 49.9 Å². The zero-order valence-electron chi connectivity index (χ0n) is 10.1. The maximum atomic E-state index is 6.07. The molecule has 1 atom stereocenters. The monoisotopic (exact) mass is 226 g/mol. The second kappa shape index (κ2) is 4.91. The standard InChI is InChI=1S/C15H18N2/c1-11-7-6-10-14(15(11)16)17-12(2)13-8-4-3-5-9-13/h3-6,8-11,17H,2,7,16H2,1H3. The van der Waals surface area contributed by atoms with Crippen molar-refractivity contribution in [2.24, 2.45) is 11.7 Å². The molecule has 2 nitrogen and oxygen atoms in total. The molecule has 0 saturated carbocycles. The van der Waals surface area contributed by atoms with E-state index < -0.39 is 0 Å². The van der Waals surface area contributed by atoms with Crippen LogP contribution in [0.5, 0.6) is 0 Å². The maximum absolute atomic E-state index is 6.07. The molecule has 0 bridgehead atoms. The van der Waals surface area contributed by atoms with Gasteiger partial charge < -0.3 is 11.1 Å². The van der Waals surface area contributed by atoms with Gasteiger partial charge in [0.15, 0.2) is 0 Å². The van der Waals surface area contributed by atoms with E-state index in [1.165, 1.54) is 0 Å². The summed E-state index contributed by atoms with van der Waals surface area (Å²) >= 11 is 0. The third-order valence-electron chi connectivity index (χ3n) is 3.02. The molecule has 0 radical (unpaired) electrons. The van der Waals surface area contributed by atoms with E-state index in [2.05, 4.69) is 24.9 Å². The van der Waals surface area contributed by atoms with Crippen molar-refractivity contribution < 1.29 is 0 Å². The fourth-order valence-corrected chi connectivity index (χ4v) is 1.87. The predicted octanol–water partition coefficient (Wildman–Crippen LogP) is 3.01. The van der Waals surface area contributed by atoms with Crippen LogP contribution in [0.3, 0.4) is 0 Å². The molecule has 88 valence electrons. The zero-order valence-corrected chi connectivity index (χ0v) is 10.1. The van der Waals surface area contributed by atoms with Gasteiger partial charge in [0.2, 0.25) is 0 Å². The van der Waals surface area contributed by atoms with Crippen LogP contribution in [0.1, 0.15) is 18.9 Å². The summed E-state index contributed by atoms with van der Waals surface area (Å²) in [5.74, 6) is 0.395. The van der Waals surface area contributed by atoms with E-state index in [9.17, 15) is 0 Å². The van der Waals surface area contributed by atoms with Gasteiger partial charge in [0, 0.05) is 17.3 Å². The van der Waals surface area contributed by atoms with Gasteiger partial charge in [-0.15, -0.1) is 0 Å². The molecule has 0 spiro atoms. The third kappa shape index (κ3) is 2.59. The molecule has 0 heterocycles. The summed E-state index contributed by atoms with van der Waals surface area (Å²) in [5, 5.41) is 3.29. The number of nitrogens with two attached hydrogens (primary N) is 1. The minimum Gasteiger partial charge on any atom is -0.400 e. The second-order valence-corrected chi connectivity index (χ2v) is 4.38. The highest BCUT2D eigenvalue weighted by atomic mass is 14.9. The number of hydrogen-bond donors (Lipinski definition) is 2. The largest absolute Gasteiger partial charge is 0.400 e. The summed E-state index contributed by atoms with van der Waals surface area (Å²) in [6.45, 7) is 6.17. The Labute approximate surface area is 103 Å². The van der Waals surface area contributed by atoms with Gasteiger partial charge in [-0.05, 0) is 18.1 Å². The molecule has 2 rings (SSSR count). The molecule has 1 aromatic rings. The molecule has 1 aliphatic rings. The van der Waals surface area contributed by atoms with Crippen LogP contribution >= 0.6 is 0 Å². The van der Waals surface area contributed by atoms with Crippen molar-refractivity contribution in [1.29, 1.82) is 0 Å². The Morgan fingerprint density at radius 1 is 1.35 bits per heavy atom. The number of nitrogens with one attached hydrogen (secondary N) is 1. The minimum absolute atomic E-state index is 0.395. The maximum Gasteiger partial charge on any atom is 0.0574 e. The SMILES string of the molecule is C=C(NC1=C(N)C(C)CC=C1)c1ccccc1. The number of allylic oxidation sites excluding steroid dienone is 3. The summed E-state index contributed by atoms with van der Waals surface area (Å²) in [6, 6.07) is 10.1. The van der Waals surface area contributed by atoms with E-state index in [1.54, 1.807) is 0 Å². The fourth-order valence-electron chi connectivity index (χ4n) is 1.87. The minimum atomic E-state index is 0.395. The van der Waals surface area contributed by atoms with Crippen LogP contribution in [-0.2, 0) is 0 Å². The van der Waals surface area contributed by atoms with E-state index in [0.29, 0.717) is 5.92 Å². The molecule has 0 saturated heterocycles. The van der Waals surface area contributed by atoms with E-state index in [-0.39, 0.29) is 0 Å². The van der Waals surface area contributed by atoms with Crippen molar-refractivity contribution in [2.45, 2.75) is 13.3 Å². The van der Waals surface area contributed by atoms with Crippen LogP contribution in [0.25, 0.3) is 5.70 Å². The first kappa shape index (κ1) is 11.5. The molecule has 0 fully saturated rings. The Hall–Kier alpha value is -1.96. The molecular formula is C15H18N2. The summed E-state index contributed by atoms with van der Waals surface area (Å²) in [4.78, 5) is 0. The Kier molecular flexibility index (Phi) is 3.33. The van der Waals surface area contributed by atoms with Crippen molar-refractivity contribution in [2.75, 3.05) is 0 Å². The van der Waals surface area contributed by atoms with Gasteiger partial charge >= 0.3 is 0 Å². The van der Waals surface area contributed by atoms with Crippen LogP contribution < -0.4 is 11.1 Å². The van der Waals surface area contributed by atoms with Crippen LogP contribution in [0.15, 0.2) is 60.5 Å². The topological polar surface area (TPSA) is 38.0 Å². The van der Waals surface area contributed by atoms with Crippen LogP contribution in [0, 0.1) is 5.92 Å². The molecule has 0 amide bonds. The molecule has 0 aliphatic heterocycles. The van der Waals surface area contributed by atoms with Gasteiger partial charge in [0.1, 0.15) is 0 Å². The van der Waals surface area contributed by atoms with Gasteiger partial charge in [-0.2, -0.15) is 0 Å². The number of hydrogen-bond acceptors (Lipinski definition) is 2. The molecule has 2 heteroatoms. The first-order valence-electron chi connectivity index (χ1n) is 5.86. The number of rotatable bonds is 3. The predicted molar refractivity (Wildman–Crippen MR) is 72.7 cm³/mol. The molecule has 1 aliphatic carbocycles. The van der Waals surface area contributed by atoms with Crippen molar-refractivity contribution >= 4 is 5.70 Å². The quantitative estimate of drug-likeness (QED) is 0.831. The fraction of sp³-hybridized carbons (Fsp3) is 0.200. The summed E-state index contributed by atoms with van der Waals surface area (Å²) in [6.07, 6.45) is 5.18. The van der Waals surface area contributed by atoms with Crippen molar-refractivity contribution in [1.82, 2.24) is 5.32 Å². The lowest BCUT2D eigenvalue weighted by Gasteiger charge is -2.20. The van der Waals surface area contributed by atoms with E-state index >= 15 is 0 Å². The van der Waals surface area contributed by atoms with Crippen LogP contribution in [-0.4, -0.2) is 0 Å². The smallest absolute Gasteiger partial charge is 0.0574 e. The van der Waals surface area contributed by atoms with Gasteiger partial charge in [0.25, 0.3) is 0 Å². The molecule has 17 heavy (non-hydrogen) atoms. The lowest BCUT2D eigenvalue weighted by Crippen LogP contribution is -2.21. The lowest BCUT2D eigenvalue weighted by molar-refractivity contribution is 0.660. The van der Waals surface area contributed by atoms with E-state index in [0.717, 1.165) is 29.1 Å². The Morgan fingerprint density at radius 3 is 2.76 bits per heavy atom. The molecular weight excluding hydrogens is 208 g/mol. The van der Waals surface area contributed by atoms with Crippen molar-refractivity contribution in [3.8, 4) is 0 Å². The second-order valence-electron chi connectivity index (χ2n) is 4.38. The van der Waals surface area contributed by atoms with E-state index in [4.69, 9.17) is 5.73 Å². The molecule has 1 unspecified atom stereocenters. The Morgan fingerprint density at radius 2 is 2.06 bits per heavy atom. The van der Waals surface area contributed by atoms with E-state index in [1.807, 2.05) is 36.4 Å². The Balaban J connectivity index is 2.15. The summed E-state index contributed by atoms with van der Waals surface area (Å²) in [7, 11) is 0. The van der Waals surface area contributed by atoms with Crippen LogP contribution in [0.2, 0.25) is 0 Å².